The van der Waals surface area contributed by atoms with Crippen molar-refractivity contribution in [3.63, 3.8) is 0 Å². The smallest absolute Gasteiger partial charge is 0.320 e. The third-order valence-electron chi connectivity index (χ3n) is 8.89. The SMILES string of the molecule is COc1ccc2c(O[C@@H]3CC4C(=O)N[C@]5(C(=O)NS(=O)(=O)C6CC6)C[C@H]5/C=C\CCCCN(C)C(=O)N4C3)nccc2c1Br. The zero-order valence-corrected chi connectivity index (χ0v) is 27.0. The molecule has 2 aliphatic heterocycles. The Morgan fingerprint density at radius 1 is 1.18 bits per heavy atom. The van der Waals surface area contributed by atoms with E-state index in [1.54, 1.807) is 31.3 Å². The van der Waals surface area contributed by atoms with Crippen molar-refractivity contribution in [2.75, 3.05) is 27.2 Å². The molecule has 236 valence electrons. The van der Waals surface area contributed by atoms with E-state index in [0.29, 0.717) is 31.0 Å². The number of aromatic nitrogens is 1. The molecule has 12 nitrogen and oxygen atoms in total. The number of nitrogens with one attached hydrogen (secondary N) is 2. The Hall–Kier alpha value is -3.39. The molecule has 0 spiro atoms. The minimum Gasteiger partial charge on any atom is -0.496 e. The molecule has 14 heteroatoms. The molecule has 2 aromatic rings. The van der Waals surface area contributed by atoms with Gasteiger partial charge in [-0.25, -0.2) is 18.2 Å². The van der Waals surface area contributed by atoms with Crippen LogP contribution in [0.5, 0.6) is 11.6 Å². The summed E-state index contributed by atoms with van der Waals surface area (Å²) in [5.41, 5.74) is -1.40. The number of benzene rings is 1. The Bertz CT molecular complexity index is 1630. The van der Waals surface area contributed by atoms with Crippen molar-refractivity contribution >= 4 is 54.6 Å². The highest BCUT2D eigenvalue weighted by molar-refractivity contribution is 9.10. The molecule has 4 amide bonds. The van der Waals surface area contributed by atoms with Gasteiger partial charge in [-0.1, -0.05) is 12.2 Å². The van der Waals surface area contributed by atoms with Crippen molar-refractivity contribution in [2.45, 2.75) is 67.9 Å². The van der Waals surface area contributed by atoms with Crippen molar-refractivity contribution < 1.29 is 32.3 Å². The first-order valence-electron chi connectivity index (χ1n) is 14.9. The lowest BCUT2D eigenvalue weighted by Crippen LogP contribution is -2.57. The average molecular weight is 691 g/mol. The van der Waals surface area contributed by atoms with Crippen molar-refractivity contribution in [3.05, 3.63) is 41.0 Å². The second-order valence-corrected chi connectivity index (χ2v) is 14.8. The van der Waals surface area contributed by atoms with Crippen LogP contribution in [0.4, 0.5) is 4.79 Å². The number of rotatable bonds is 6. The molecule has 1 aromatic heterocycles. The van der Waals surface area contributed by atoms with E-state index in [0.717, 1.165) is 34.5 Å². The monoisotopic (exact) mass is 689 g/mol. The third kappa shape index (κ3) is 5.85. The van der Waals surface area contributed by atoms with Crippen LogP contribution in [-0.4, -0.2) is 91.2 Å². The molecule has 2 aliphatic carbocycles. The highest BCUT2D eigenvalue weighted by Gasteiger charge is 2.62. The molecule has 2 N–H and O–H groups in total. The fraction of sp³-hybridized carbons (Fsp3) is 0.533. The van der Waals surface area contributed by atoms with E-state index in [1.807, 2.05) is 24.3 Å². The van der Waals surface area contributed by atoms with Gasteiger partial charge in [0.05, 0.1) is 23.4 Å². The Morgan fingerprint density at radius 2 is 1.98 bits per heavy atom. The first-order chi connectivity index (χ1) is 21.0. The average Bonchev–Trinajstić information content (AvgIpc) is 3.92. The maximum absolute atomic E-state index is 13.9. The number of pyridine rings is 1. The maximum atomic E-state index is 13.9. The second kappa shape index (κ2) is 11.8. The molecular formula is C30H36BrN5O7S. The molecule has 1 unspecified atom stereocenters. The van der Waals surface area contributed by atoms with E-state index in [2.05, 4.69) is 31.0 Å². The van der Waals surface area contributed by atoms with Gasteiger partial charge in [0.25, 0.3) is 5.91 Å². The summed E-state index contributed by atoms with van der Waals surface area (Å²) in [6.07, 6.45) is 8.73. The highest BCUT2D eigenvalue weighted by Crippen LogP contribution is 2.46. The minimum atomic E-state index is -3.81. The second-order valence-electron chi connectivity index (χ2n) is 12.0. The lowest BCUT2D eigenvalue weighted by molar-refractivity contribution is -0.131. The number of nitrogens with zero attached hydrogens (tertiary/aromatic N) is 3. The minimum absolute atomic E-state index is 0.134. The van der Waals surface area contributed by atoms with Crippen LogP contribution in [0.2, 0.25) is 0 Å². The van der Waals surface area contributed by atoms with E-state index in [4.69, 9.17) is 9.47 Å². The molecule has 2 saturated carbocycles. The van der Waals surface area contributed by atoms with Crippen LogP contribution in [0.15, 0.2) is 41.0 Å². The standard InChI is InChI=1S/C30H36BrN5O7S/c1-35-14-6-4-3-5-7-18-16-30(18,28(38)34-44(40,41)20-8-9-20)33-26(37)23-15-19(17-36(23)29(35)39)43-27-22-10-11-24(42-2)25(31)21(22)12-13-32-27/h5,7,10-13,18-20,23H,3-4,6,8-9,14-17H2,1-2H3,(H,33,37)(H,34,38)/b7-5-/t18-,19-,23?,30-/m1/s1. The van der Waals surface area contributed by atoms with E-state index >= 15 is 0 Å². The fourth-order valence-corrected chi connectivity index (χ4v) is 8.08. The molecule has 6 rings (SSSR count). The van der Waals surface area contributed by atoms with E-state index in [9.17, 15) is 22.8 Å². The van der Waals surface area contributed by atoms with Gasteiger partial charge in [0.15, 0.2) is 0 Å². The maximum Gasteiger partial charge on any atom is 0.320 e. The van der Waals surface area contributed by atoms with Crippen LogP contribution in [0, 0.1) is 5.92 Å². The van der Waals surface area contributed by atoms with Gasteiger partial charge in [-0.2, -0.15) is 0 Å². The molecule has 3 fully saturated rings. The number of hydrogen-bond donors (Lipinski definition) is 2. The predicted octanol–water partition coefficient (Wildman–Crippen LogP) is 3.10. The number of carbonyl (C=O) groups is 3. The number of amides is 4. The number of methoxy groups -OCH3 is 1. The first kappa shape index (κ1) is 30.6. The Morgan fingerprint density at radius 3 is 2.73 bits per heavy atom. The van der Waals surface area contributed by atoms with E-state index in [1.165, 1.54) is 4.90 Å². The lowest BCUT2D eigenvalue weighted by Gasteiger charge is -2.30. The molecule has 4 aliphatic rings. The van der Waals surface area contributed by atoms with Gasteiger partial charge in [-0.15, -0.1) is 0 Å². The first-order valence-corrected chi connectivity index (χ1v) is 17.2. The number of carbonyl (C=O) groups excluding carboxylic acids is 3. The number of urea groups is 1. The van der Waals surface area contributed by atoms with E-state index < -0.39 is 44.8 Å². The Balaban J connectivity index is 1.27. The van der Waals surface area contributed by atoms with E-state index in [-0.39, 0.29) is 31.3 Å². The molecule has 1 saturated heterocycles. The summed E-state index contributed by atoms with van der Waals surface area (Å²) in [5.74, 6) is -0.590. The van der Waals surface area contributed by atoms with Gasteiger partial charge in [0.1, 0.15) is 23.4 Å². The Kier molecular flexibility index (Phi) is 8.24. The largest absolute Gasteiger partial charge is 0.496 e. The molecule has 1 aromatic carbocycles. The van der Waals surface area contributed by atoms with Gasteiger partial charge in [0.2, 0.25) is 21.8 Å². The molecular weight excluding hydrogens is 654 g/mol. The van der Waals surface area contributed by atoms with Gasteiger partial charge in [-0.05, 0) is 72.7 Å². The summed E-state index contributed by atoms with van der Waals surface area (Å²) < 4.78 is 40.0. The topological polar surface area (TPSA) is 147 Å². The third-order valence-corrected chi connectivity index (χ3v) is 11.5. The molecule has 44 heavy (non-hydrogen) atoms. The van der Waals surface area contributed by atoms with Crippen LogP contribution in [0.1, 0.15) is 44.9 Å². The zero-order chi connectivity index (χ0) is 31.2. The summed E-state index contributed by atoms with van der Waals surface area (Å²) in [5, 5.41) is 3.87. The summed E-state index contributed by atoms with van der Waals surface area (Å²) in [6.45, 7) is 0.661. The number of ether oxygens (including phenoxy) is 2. The van der Waals surface area contributed by atoms with Crippen LogP contribution < -0.4 is 19.5 Å². The van der Waals surface area contributed by atoms with Gasteiger partial charge >= 0.3 is 6.03 Å². The lowest BCUT2D eigenvalue weighted by atomic mass is 10.1. The number of sulfonamides is 1. The quantitative estimate of drug-likeness (QED) is 0.440. The summed E-state index contributed by atoms with van der Waals surface area (Å²) >= 11 is 3.58. The van der Waals surface area contributed by atoms with Crippen LogP contribution in [0.25, 0.3) is 10.8 Å². The fourth-order valence-electron chi connectivity index (χ4n) is 6.08. The summed E-state index contributed by atoms with van der Waals surface area (Å²) in [6, 6.07) is 4.24. The highest BCUT2D eigenvalue weighted by atomic mass is 79.9. The molecule has 3 heterocycles. The zero-order valence-electron chi connectivity index (χ0n) is 24.6. The number of halogens is 1. The molecule has 4 atom stereocenters. The van der Waals surface area contributed by atoms with Gasteiger partial charge < -0.3 is 24.6 Å². The van der Waals surface area contributed by atoms with Gasteiger partial charge in [-0.3, -0.25) is 14.3 Å². The van der Waals surface area contributed by atoms with Crippen LogP contribution in [-0.2, 0) is 19.6 Å². The normalized spacial score (nSPS) is 28.4. The summed E-state index contributed by atoms with van der Waals surface area (Å²) in [4.78, 5) is 48.5. The van der Waals surface area contributed by atoms with Crippen molar-refractivity contribution in [1.82, 2.24) is 24.8 Å². The number of allylic oxidation sites excluding steroid dienone is 1. The molecule has 0 bridgehead atoms. The van der Waals surface area contributed by atoms with Crippen molar-refractivity contribution in [3.8, 4) is 11.6 Å². The van der Waals surface area contributed by atoms with Gasteiger partial charge in [0, 0.05) is 42.9 Å². The Labute approximate surface area is 264 Å². The summed E-state index contributed by atoms with van der Waals surface area (Å²) in [7, 11) is -0.521. The predicted molar refractivity (Wildman–Crippen MR) is 166 cm³/mol. The van der Waals surface area contributed by atoms with Crippen LogP contribution >= 0.6 is 15.9 Å². The van der Waals surface area contributed by atoms with Crippen LogP contribution in [0.3, 0.4) is 0 Å². The number of hydrogen-bond acceptors (Lipinski definition) is 8. The van der Waals surface area contributed by atoms with Crippen molar-refractivity contribution in [2.24, 2.45) is 5.92 Å². The van der Waals surface area contributed by atoms with Crippen molar-refractivity contribution in [1.29, 1.82) is 0 Å². The number of fused-ring (bicyclic) bond motifs is 3. The molecule has 0 radical (unpaired) electrons.